The van der Waals surface area contributed by atoms with Crippen molar-refractivity contribution in [2.45, 2.75) is 26.3 Å². The van der Waals surface area contributed by atoms with Gasteiger partial charge in [0.15, 0.2) is 0 Å². The Labute approximate surface area is 117 Å². The molecule has 108 valence electrons. The second kappa shape index (κ2) is 7.43. The number of amides is 1. The number of carboxylic acids is 1. The predicted octanol–water partition coefficient (Wildman–Crippen LogP) is 2.55. The van der Waals surface area contributed by atoms with Crippen molar-refractivity contribution in [3.63, 3.8) is 0 Å². The number of carboxylic acid groups (broad SMARTS) is 1. The molecule has 1 unspecified atom stereocenters. The molecule has 0 radical (unpaired) electrons. The smallest absolute Gasteiger partial charge is 0.323 e. The second-order valence-corrected chi connectivity index (χ2v) is 4.47. The maximum Gasteiger partial charge on any atom is 0.323 e. The highest BCUT2D eigenvalue weighted by atomic mass is 19.1. The molecule has 0 heterocycles. The number of aliphatic carboxylic acids is 1. The Morgan fingerprint density at radius 3 is 2.60 bits per heavy atom. The van der Waals surface area contributed by atoms with Crippen molar-refractivity contribution in [3.8, 4) is 0 Å². The van der Waals surface area contributed by atoms with Gasteiger partial charge in [0, 0.05) is 17.7 Å². The molecule has 1 N–H and O–H groups in total. The van der Waals surface area contributed by atoms with Crippen LogP contribution in [0.15, 0.2) is 30.3 Å². The van der Waals surface area contributed by atoms with Gasteiger partial charge in [0.2, 0.25) is 5.91 Å². The van der Waals surface area contributed by atoms with E-state index in [0.29, 0.717) is 12.0 Å². The van der Waals surface area contributed by atoms with Crippen LogP contribution >= 0.6 is 0 Å². The van der Waals surface area contributed by atoms with Gasteiger partial charge < -0.3 is 10.0 Å². The van der Waals surface area contributed by atoms with E-state index in [1.165, 1.54) is 23.1 Å². The van der Waals surface area contributed by atoms with E-state index in [0.717, 1.165) is 0 Å². The fourth-order valence-electron chi connectivity index (χ4n) is 1.68. The molecule has 5 heteroatoms. The van der Waals surface area contributed by atoms with Gasteiger partial charge in [-0.1, -0.05) is 25.1 Å². The predicted molar refractivity (Wildman–Crippen MR) is 74.5 cm³/mol. The van der Waals surface area contributed by atoms with Gasteiger partial charge in [-0.2, -0.15) is 0 Å². The first-order chi connectivity index (χ1) is 9.45. The first kappa shape index (κ1) is 15.9. The van der Waals surface area contributed by atoms with Crippen LogP contribution in [-0.2, 0) is 9.59 Å². The monoisotopic (exact) mass is 279 g/mol. The van der Waals surface area contributed by atoms with Gasteiger partial charge in [0.05, 0.1) is 0 Å². The number of carbonyl (C=O) groups excluding carboxylic acids is 1. The number of hydrogen-bond donors (Lipinski definition) is 1. The van der Waals surface area contributed by atoms with Crippen molar-refractivity contribution in [1.29, 1.82) is 0 Å². The number of halogens is 1. The van der Waals surface area contributed by atoms with Gasteiger partial charge in [-0.3, -0.25) is 9.59 Å². The molecule has 0 bridgehead atoms. The molecule has 20 heavy (non-hydrogen) atoms. The molecular formula is C15H18FNO3. The highest BCUT2D eigenvalue weighted by molar-refractivity contribution is 5.93. The molecule has 1 aromatic rings. The van der Waals surface area contributed by atoms with E-state index < -0.39 is 17.7 Å². The lowest BCUT2D eigenvalue weighted by Crippen LogP contribution is -2.40. The zero-order valence-electron chi connectivity index (χ0n) is 11.5. The molecule has 0 saturated carbocycles. The fourth-order valence-corrected chi connectivity index (χ4v) is 1.68. The van der Waals surface area contributed by atoms with E-state index in [1.54, 1.807) is 25.1 Å². The van der Waals surface area contributed by atoms with Gasteiger partial charge in [-0.15, -0.1) is 0 Å². The highest BCUT2D eigenvalue weighted by Crippen LogP contribution is 2.10. The van der Waals surface area contributed by atoms with E-state index in [2.05, 4.69) is 0 Å². The van der Waals surface area contributed by atoms with Gasteiger partial charge >= 0.3 is 5.97 Å². The minimum atomic E-state index is -1.07. The summed E-state index contributed by atoms with van der Waals surface area (Å²) in [6, 6.07) is 5.88. The molecule has 0 aromatic heterocycles. The van der Waals surface area contributed by atoms with Crippen LogP contribution in [0.2, 0.25) is 0 Å². The summed E-state index contributed by atoms with van der Waals surface area (Å²) in [6.45, 7) is 3.28. The standard InChI is InChI=1S/C15H18FNO3/c1-3-11(2)17(10-15(19)20)14(18)9-8-12-6-4-5-7-13(12)16/h4-9,11H,3,10H2,1-2H3,(H,19,20)/b9-8+. The Balaban J connectivity index is 2.85. The SMILES string of the molecule is CCC(C)N(CC(=O)O)C(=O)/C=C/c1ccccc1F. The summed E-state index contributed by atoms with van der Waals surface area (Å²) in [6.07, 6.45) is 3.20. The Bertz CT molecular complexity index is 514. The van der Waals surface area contributed by atoms with Crippen LogP contribution < -0.4 is 0 Å². The Hall–Kier alpha value is -2.17. The van der Waals surface area contributed by atoms with E-state index in [4.69, 9.17) is 5.11 Å². The van der Waals surface area contributed by atoms with E-state index in [9.17, 15) is 14.0 Å². The van der Waals surface area contributed by atoms with Crippen LogP contribution in [0.5, 0.6) is 0 Å². The van der Waals surface area contributed by atoms with Crippen LogP contribution in [-0.4, -0.2) is 34.5 Å². The Morgan fingerprint density at radius 1 is 1.40 bits per heavy atom. The highest BCUT2D eigenvalue weighted by Gasteiger charge is 2.19. The van der Waals surface area contributed by atoms with Gasteiger partial charge in [-0.05, 0) is 25.5 Å². The molecule has 1 amide bonds. The molecule has 0 aliphatic rings. The molecular weight excluding hydrogens is 261 g/mol. The van der Waals surface area contributed by atoms with Crippen molar-refractivity contribution < 1.29 is 19.1 Å². The average Bonchev–Trinajstić information content (AvgIpc) is 2.42. The summed E-state index contributed by atoms with van der Waals surface area (Å²) in [5.74, 6) is -1.94. The first-order valence-electron chi connectivity index (χ1n) is 6.40. The number of hydrogen-bond acceptors (Lipinski definition) is 2. The van der Waals surface area contributed by atoms with Crippen molar-refractivity contribution in [2.24, 2.45) is 0 Å². The number of benzene rings is 1. The van der Waals surface area contributed by atoms with Crippen LogP contribution in [0.3, 0.4) is 0 Å². The largest absolute Gasteiger partial charge is 0.480 e. The number of carbonyl (C=O) groups is 2. The molecule has 0 aliphatic heterocycles. The normalized spacial score (nSPS) is 12.3. The maximum absolute atomic E-state index is 13.4. The summed E-state index contributed by atoms with van der Waals surface area (Å²) in [4.78, 5) is 24.1. The second-order valence-electron chi connectivity index (χ2n) is 4.47. The van der Waals surface area contributed by atoms with Gasteiger partial charge in [-0.25, -0.2) is 4.39 Å². The molecule has 0 fully saturated rings. The van der Waals surface area contributed by atoms with Crippen molar-refractivity contribution >= 4 is 18.0 Å². The lowest BCUT2D eigenvalue weighted by Gasteiger charge is -2.25. The molecule has 1 rings (SSSR count). The van der Waals surface area contributed by atoms with Crippen molar-refractivity contribution in [2.75, 3.05) is 6.54 Å². The minimum absolute atomic E-state index is 0.191. The first-order valence-corrected chi connectivity index (χ1v) is 6.40. The summed E-state index contributed by atoms with van der Waals surface area (Å²) in [7, 11) is 0. The Kier molecular flexibility index (Phi) is 5.90. The molecule has 0 spiro atoms. The fraction of sp³-hybridized carbons (Fsp3) is 0.333. The van der Waals surface area contributed by atoms with Gasteiger partial charge in [0.1, 0.15) is 12.4 Å². The third-order valence-corrected chi connectivity index (χ3v) is 3.02. The topological polar surface area (TPSA) is 57.6 Å². The zero-order chi connectivity index (χ0) is 15.1. The number of nitrogens with zero attached hydrogens (tertiary/aromatic N) is 1. The van der Waals surface area contributed by atoms with Gasteiger partial charge in [0.25, 0.3) is 0 Å². The molecule has 0 aliphatic carbocycles. The van der Waals surface area contributed by atoms with Crippen molar-refractivity contribution in [3.05, 3.63) is 41.7 Å². The van der Waals surface area contributed by atoms with E-state index >= 15 is 0 Å². The van der Waals surface area contributed by atoms with E-state index in [-0.39, 0.29) is 12.6 Å². The lowest BCUT2D eigenvalue weighted by atomic mass is 10.1. The van der Waals surface area contributed by atoms with Crippen LogP contribution in [0.1, 0.15) is 25.8 Å². The lowest BCUT2D eigenvalue weighted by molar-refractivity contribution is -0.144. The summed E-state index contributed by atoms with van der Waals surface area (Å²) < 4.78 is 13.4. The Morgan fingerprint density at radius 2 is 2.05 bits per heavy atom. The molecule has 1 atom stereocenters. The van der Waals surface area contributed by atoms with E-state index in [1.807, 2.05) is 6.92 Å². The van der Waals surface area contributed by atoms with Crippen molar-refractivity contribution in [1.82, 2.24) is 4.90 Å². The third-order valence-electron chi connectivity index (χ3n) is 3.02. The quantitative estimate of drug-likeness (QED) is 0.814. The van der Waals surface area contributed by atoms with Crippen LogP contribution in [0.25, 0.3) is 6.08 Å². The molecule has 4 nitrogen and oxygen atoms in total. The maximum atomic E-state index is 13.4. The average molecular weight is 279 g/mol. The zero-order valence-corrected chi connectivity index (χ0v) is 11.5. The molecule has 1 aromatic carbocycles. The van der Waals surface area contributed by atoms with Crippen LogP contribution in [0.4, 0.5) is 4.39 Å². The number of rotatable bonds is 6. The molecule has 0 saturated heterocycles. The summed E-state index contributed by atoms with van der Waals surface area (Å²) >= 11 is 0. The van der Waals surface area contributed by atoms with Crippen LogP contribution in [0, 0.1) is 5.82 Å². The third kappa shape index (κ3) is 4.50. The summed E-state index contributed by atoms with van der Waals surface area (Å²) in [5.41, 5.74) is 0.292. The summed E-state index contributed by atoms with van der Waals surface area (Å²) in [5, 5.41) is 8.83. The minimum Gasteiger partial charge on any atom is -0.480 e.